The van der Waals surface area contributed by atoms with E-state index in [0.717, 1.165) is 0 Å². The summed E-state index contributed by atoms with van der Waals surface area (Å²) in [5, 5.41) is 0. The van der Waals surface area contributed by atoms with E-state index in [0.29, 0.717) is 17.2 Å². The van der Waals surface area contributed by atoms with Gasteiger partial charge in [-0.25, -0.2) is 9.18 Å². The van der Waals surface area contributed by atoms with E-state index in [1.54, 1.807) is 24.9 Å². The Kier molecular flexibility index (Phi) is 3.37. The maximum Gasteiger partial charge on any atom is 0.431 e. The molecule has 0 aliphatic rings. The molecule has 0 saturated heterocycles. The van der Waals surface area contributed by atoms with Gasteiger partial charge in [-0.2, -0.15) is 18.2 Å². The minimum atomic E-state index is -4.73. The number of rotatable bonds is 1. The van der Waals surface area contributed by atoms with Crippen LogP contribution in [-0.4, -0.2) is 9.97 Å². The lowest BCUT2D eigenvalue weighted by atomic mass is 10.0. The Labute approximate surface area is 111 Å². The Balaban J connectivity index is 2.71. The molecule has 3 nitrogen and oxygen atoms in total. The first kappa shape index (κ1) is 14.2. The lowest BCUT2D eigenvalue weighted by Gasteiger charge is -2.11. The molecule has 1 N–H and O–H groups in total. The van der Waals surface area contributed by atoms with Crippen LogP contribution in [0.25, 0.3) is 11.3 Å². The Morgan fingerprint density at radius 1 is 1.15 bits per heavy atom. The fraction of sp³-hybridized carbons (Fsp3) is 0.231. The van der Waals surface area contributed by atoms with Crippen LogP contribution in [-0.2, 0) is 6.18 Å². The van der Waals surface area contributed by atoms with Crippen molar-refractivity contribution in [2.24, 2.45) is 0 Å². The summed E-state index contributed by atoms with van der Waals surface area (Å²) in [5.74, 6) is -0.714. The van der Waals surface area contributed by atoms with E-state index in [1.165, 1.54) is 6.07 Å². The van der Waals surface area contributed by atoms with E-state index in [4.69, 9.17) is 0 Å². The number of benzene rings is 1. The molecule has 0 atom stereocenters. The minimum Gasteiger partial charge on any atom is -0.302 e. The van der Waals surface area contributed by atoms with Gasteiger partial charge in [-0.05, 0) is 37.1 Å². The molecular formula is C13H10F4N2O. The zero-order valence-corrected chi connectivity index (χ0v) is 10.6. The van der Waals surface area contributed by atoms with E-state index >= 15 is 0 Å². The first-order valence-corrected chi connectivity index (χ1v) is 5.64. The highest BCUT2D eigenvalue weighted by atomic mass is 19.4. The Morgan fingerprint density at radius 3 is 2.35 bits per heavy atom. The van der Waals surface area contributed by atoms with Crippen molar-refractivity contribution in [3.8, 4) is 11.3 Å². The summed E-state index contributed by atoms with van der Waals surface area (Å²) >= 11 is 0. The molecule has 1 aromatic heterocycles. The minimum absolute atomic E-state index is 0.104. The van der Waals surface area contributed by atoms with E-state index < -0.39 is 23.4 Å². The number of aryl methyl sites for hydroxylation is 2. The van der Waals surface area contributed by atoms with Crippen molar-refractivity contribution in [1.29, 1.82) is 0 Å². The Hall–Kier alpha value is -2.18. The first-order valence-electron chi connectivity index (χ1n) is 5.64. The van der Waals surface area contributed by atoms with Crippen molar-refractivity contribution in [3.63, 3.8) is 0 Å². The van der Waals surface area contributed by atoms with Crippen LogP contribution in [0.2, 0.25) is 0 Å². The number of alkyl halides is 3. The summed E-state index contributed by atoms with van der Waals surface area (Å²) in [7, 11) is 0. The van der Waals surface area contributed by atoms with Crippen molar-refractivity contribution in [3.05, 3.63) is 51.3 Å². The standard InChI is InChI=1S/C13H10F4N2O/c1-6-3-7(2)11(8(14)4-6)9-5-10(13(15,16)17)19-12(20)18-9/h3-5H,1-2H3,(H,18,19,20). The molecule has 0 bridgehead atoms. The third-order valence-electron chi connectivity index (χ3n) is 2.74. The monoisotopic (exact) mass is 286 g/mol. The third kappa shape index (κ3) is 2.71. The fourth-order valence-corrected chi connectivity index (χ4v) is 1.98. The van der Waals surface area contributed by atoms with Crippen LogP contribution in [0.4, 0.5) is 17.6 Å². The molecule has 1 heterocycles. The predicted molar refractivity (Wildman–Crippen MR) is 64.7 cm³/mol. The van der Waals surface area contributed by atoms with Gasteiger partial charge >= 0.3 is 11.9 Å². The van der Waals surface area contributed by atoms with Crippen LogP contribution in [0.15, 0.2) is 23.0 Å². The van der Waals surface area contributed by atoms with E-state index in [2.05, 4.69) is 4.98 Å². The highest BCUT2D eigenvalue weighted by molar-refractivity contribution is 5.65. The van der Waals surface area contributed by atoms with Gasteiger partial charge in [0.1, 0.15) is 11.5 Å². The van der Waals surface area contributed by atoms with Gasteiger partial charge in [0.2, 0.25) is 0 Å². The molecule has 0 spiro atoms. The molecule has 0 radical (unpaired) electrons. The summed E-state index contributed by atoms with van der Waals surface area (Å²) < 4.78 is 51.8. The zero-order valence-electron chi connectivity index (χ0n) is 10.6. The van der Waals surface area contributed by atoms with Crippen molar-refractivity contribution < 1.29 is 17.6 Å². The van der Waals surface area contributed by atoms with Crippen molar-refractivity contribution >= 4 is 0 Å². The van der Waals surface area contributed by atoms with Gasteiger partial charge in [0, 0.05) is 5.56 Å². The van der Waals surface area contributed by atoms with Crippen LogP contribution in [0.1, 0.15) is 16.8 Å². The molecule has 106 valence electrons. The average Bonchev–Trinajstić information content (AvgIpc) is 2.25. The second kappa shape index (κ2) is 4.73. The van der Waals surface area contributed by atoms with E-state index in [1.807, 2.05) is 0 Å². The molecule has 7 heteroatoms. The summed E-state index contributed by atoms with van der Waals surface area (Å²) in [5.41, 5.74) is -1.83. The molecule has 0 aliphatic heterocycles. The number of hydrogen-bond acceptors (Lipinski definition) is 2. The van der Waals surface area contributed by atoms with Crippen molar-refractivity contribution in [1.82, 2.24) is 9.97 Å². The molecule has 2 aromatic rings. The second-order valence-corrected chi connectivity index (χ2v) is 4.42. The van der Waals surface area contributed by atoms with Gasteiger partial charge in [0.15, 0.2) is 0 Å². The topological polar surface area (TPSA) is 45.8 Å². The molecule has 20 heavy (non-hydrogen) atoms. The average molecular weight is 286 g/mol. The number of hydrogen-bond donors (Lipinski definition) is 1. The molecule has 2 rings (SSSR count). The molecule has 0 fully saturated rings. The number of H-pyrrole nitrogens is 1. The molecular weight excluding hydrogens is 276 g/mol. The van der Waals surface area contributed by atoms with Gasteiger partial charge in [-0.15, -0.1) is 0 Å². The number of aromatic nitrogens is 2. The maximum atomic E-state index is 13.9. The van der Waals surface area contributed by atoms with Gasteiger partial charge in [0.25, 0.3) is 0 Å². The highest BCUT2D eigenvalue weighted by Crippen LogP contribution is 2.31. The summed E-state index contributed by atoms with van der Waals surface area (Å²) in [6.07, 6.45) is -4.73. The molecule has 0 unspecified atom stereocenters. The Morgan fingerprint density at radius 2 is 1.80 bits per heavy atom. The van der Waals surface area contributed by atoms with Gasteiger partial charge < -0.3 is 4.98 Å². The van der Waals surface area contributed by atoms with Gasteiger partial charge in [0.05, 0.1) is 5.69 Å². The van der Waals surface area contributed by atoms with Crippen molar-refractivity contribution in [2.75, 3.05) is 0 Å². The van der Waals surface area contributed by atoms with Crippen LogP contribution in [0.3, 0.4) is 0 Å². The quantitative estimate of drug-likeness (QED) is 0.818. The van der Waals surface area contributed by atoms with Crippen LogP contribution < -0.4 is 5.69 Å². The summed E-state index contributed by atoms with van der Waals surface area (Å²) in [6.45, 7) is 3.20. The Bertz CT molecular complexity index is 696. The zero-order chi connectivity index (χ0) is 15.1. The fourth-order valence-electron chi connectivity index (χ4n) is 1.98. The van der Waals surface area contributed by atoms with Crippen LogP contribution >= 0.6 is 0 Å². The van der Waals surface area contributed by atoms with Gasteiger partial charge in [-0.3, -0.25) is 0 Å². The van der Waals surface area contributed by atoms with Crippen LogP contribution in [0.5, 0.6) is 0 Å². The predicted octanol–water partition coefficient (Wildman–Crippen LogP) is 3.21. The number of halogens is 4. The summed E-state index contributed by atoms with van der Waals surface area (Å²) in [4.78, 5) is 16.2. The van der Waals surface area contributed by atoms with E-state index in [-0.39, 0.29) is 11.3 Å². The normalized spacial score (nSPS) is 11.7. The highest BCUT2D eigenvalue weighted by Gasteiger charge is 2.33. The first-order chi connectivity index (χ1) is 9.18. The maximum absolute atomic E-state index is 13.9. The number of aromatic amines is 1. The van der Waals surface area contributed by atoms with Gasteiger partial charge in [-0.1, -0.05) is 6.07 Å². The molecule has 0 saturated carbocycles. The molecule has 0 aliphatic carbocycles. The number of nitrogens with zero attached hydrogens (tertiary/aromatic N) is 1. The van der Waals surface area contributed by atoms with Crippen LogP contribution in [0, 0.1) is 19.7 Å². The smallest absolute Gasteiger partial charge is 0.302 e. The second-order valence-electron chi connectivity index (χ2n) is 4.42. The molecule has 0 amide bonds. The van der Waals surface area contributed by atoms with Crippen molar-refractivity contribution in [2.45, 2.75) is 20.0 Å². The third-order valence-corrected chi connectivity index (χ3v) is 2.74. The SMILES string of the molecule is Cc1cc(C)c(-c2cc(C(F)(F)F)[nH]c(=O)n2)c(F)c1. The molecule has 1 aromatic carbocycles. The lowest BCUT2D eigenvalue weighted by molar-refractivity contribution is -0.141. The lowest BCUT2D eigenvalue weighted by Crippen LogP contribution is -2.19. The van der Waals surface area contributed by atoms with E-state index in [9.17, 15) is 22.4 Å². The number of nitrogens with one attached hydrogen (secondary N) is 1. The summed E-state index contributed by atoms with van der Waals surface area (Å²) in [6, 6.07) is 3.41. The largest absolute Gasteiger partial charge is 0.431 e.